The summed E-state index contributed by atoms with van der Waals surface area (Å²) in [4.78, 5) is 0. The zero-order chi connectivity index (χ0) is 6.55. The average molecular weight is 262 g/mol. The van der Waals surface area contributed by atoms with Gasteiger partial charge in [0.15, 0.2) is 0 Å². The van der Waals surface area contributed by atoms with E-state index < -0.39 is 30.2 Å². The van der Waals surface area contributed by atoms with Crippen molar-refractivity contribution >= 4 is 30.2 Å². The first kappa shape index (κ1) is 6.54. The molecule has 0 saturated carbocycles. The van der Waals surface area contributed by atoms with Gasteiger partial charge in [0.1, 0.15) is 0 Å². The van der Waals surface area contributed by atoms with Gasteiger partial charge in [-0.05, 0) is 0 Å². The predicted octanol–water partition coefficient (Wildman–Crippen LogP) is 0.388. The van der Waals surface area contributed by atoms with Crippen molar-refractivity contribution in [3.05, 3.63) is 0 Å². The normalized spacial score (nSPS) is 46.8. The molecule has 3 saturated heterocycles. The summed E-state index contributed by atoms with van der Waals surface area (Å²) >= 11 is -0.812. The summed E-state index contributed by atoms with van der Waals surface area (Å²) in [5.74, 6) is 0. The zero-order valence-electron chi connectivity index (χ0n) is 6.03. The van der Waals surface area contributed by atoms with Gasteiger partial charge >= 0.3 is 72.0 Å². The van der Waals surface area contributed by atoms with Crippen molar-refractivity contribution in [2.45, 2.75) is 23.3 Å². The quantitative estimate of drug-likeness (QED) is 0.583. The van der Waals surface area contributed by atoms with Crippen LogP contribution in [-0.4, -0.2) is 48.8 Å². The standard InChI is InChI=1S/C6H12As2N2/c1-3-7-9(5-1)8-4-2-6-10(7)8/h1-6H2. The van der Waals surface area contributed by atoms with Gasteiger partial charge in [-0.15, -0.1) is 0 Å². The molecular formula is C6H12As2N2. The molecule has 3 aliphatic rings. The molecule has 0 aromatic carbocycles. The van der Waals surface area contributed by atoms with Gasteiger partial charge in [-0.3, -0.25) is 0 Å². The van der Waals surface area contributed by atoms with Crippen LogP contribution in [0, 0.1) is 0 Å². The van der Waals surface area contributed by atoms with E-state index in [1.54, 1.807) is 23.3 Å². The summed E-state index contributed by atoms with van der Waals surface area (Å²) in [6, 6.07) is 0. The van der Waals surface area contributed by atoms with E-state index in [-0.39, 0.29) is 0 Å². The van der Waals surface area contributed by atoms with Crippen LogP contribution in [0.5, 0.6) is 0 Å². The Morgan fingerprint density at radius 3 is 1.80 bits per heavy atom. The number of hydrogen-bond donors (Lipinski definition) is 0. The number of hydrogen-bond acceptors (Lipinski definition) is 2. The third kappa shape index (κ3) is 0.692. The van der Waals surface area contributed by atoms with Crippen LogP contribution in [0.15, 0.2) is 0 Å². The predicted molar refractivity (Wildman–Crippen MR) is 43.8 cm³/mol. The van der Waals surface area contributed by atoms with E-state index >= 15 is 0 Å². The molecule has 3 heterocycles. The Labute approximate surface area is 72.0 Å². The third-order valence-corrected chi connectivity index (χ3v) is 20.7. The molecule has 0 radical (unpaired) electrons. The molecule has 0 aromatic heterocycles. The van der Waals surface area contributed by atoms with Crippen LogP contribution in [0.2, 0.25) is 10.4 Å². The van der Waals surface area contributed by atoms with Gasteiger partial charge in [0.05, 0.1) is 0 Å². The second-order valence-corrected chi connectivity index (χ2v) is 15.1. The molecule has 0 N–H and O–H groups in total. The van der Waals surface area contributed by atoms with Crippen LogP contribution in [0.3, 0.4) is 0 Å². The fraction of sp³-hybridized carbons (Fsp3) is 1.00. The fourth-order valence-corrected chi connectivity index (χ4v) is 22.4. The van der Waals surface area contributed by atoms with Gasteiger partial charge < -0.3 is 0 Å². The minimum atomic E-state index is -0.406. The molecule has 0 bridgehead atoms. The molecule has 2 nitrogen and oxygen atoms in total. The Morgan fingerprint density at radius 1 is 0.800 bits per heavy atom. The van der Waals surface area contributed by atoms with Gasteiger partial charge in [-0.2, -0.15) is 0 Å². The molecule has 4 heteroatoms. The van der Waals surface area contributed by atoms with Crippen LogP contribution < -0.4 is 0 Å². The topological polar surface area (TPSA) is 6.48 Å². The molecule has 0 unspecified atom stereocenters. The van der Waals surface area contributed by atoms with Crippen molar-refractivity contribution in [1.29, 1.82) is 0 Å². The molecule has 3 fully saturated rings. The van der Waals surface area contributed by atoms with Gasteiger partial charge in [-0.25, -0.2) is 0 Å². The number of nitrogens with zero attached hydrogens (tertiary/aromatic N) is 2. The summed E-state index contributed by atoms with van der Waals surface area (Å²) in [5, 5.41) is 3.25. The second kappa shape index (κ2) is 2.26. The second-order valence-electron chi connectivity index (χ2n) is 3.09. The Kier molecular flexibility index (Phi) is 1.48. The molecule has 0 aliphatic carbocycles. The maximum absolute atomic E-state index is 2.98. The van der Waals surface area contributed by atoms with Crippen LogP contribution in [0.4, 0.5) is 0 Å². The zero-order valence-corrected chi connectivity index (χ0v) is 9.78. The molecule has 3 rings (SSSR count). The van der Waals surface area contributed by atoms with Crippen molar-refractivity contribution < 1.29 is 0 Å². The van der Waals surface area contributed by atoms with Gasteiger partial charge in [-0.1, -0.05) is 0 Å². The Morgan fingerprint density at radius 2 is 1.30 bits per heavy atom. The summed E-state index contributed by atoms with van der Waals surface area (Å²) in [7, 11) is 0. The van der Waals surface area contributed by atoms with Crippen LogP contribution in [0.25, 0.3) is 0 Å². The van der Waals surface area contributed by atoms with Gasteiger partial charge in [0, 0.05) is 0 Å². The van der Waals surface area contributed by atoms with Crippen molar-refractivity contribution in [2.24, 2.45) is 0 Å². The molecule has 56 valence electrons. The van der Waals surface area contributed by atoms with Gasteiger partial charge in [0.25, 0.3) is 0 Å². The third-order valence-electron chi connectivity index (χ3n) is 2.50. The van der Waals surface area contributed by atoms with E-state index in [9.17, 15) is 0 Å². The SMILES string of the molecule is C1CN2[As](C1)N1CCC[As]21. The molecule has 0 atom stereocenters. The molecular weight excluding hydrogens is 250 g/mol. The van der Waals surface area contributed by atoms with Crippen molar-refractivity contribution in [2.75, 3.05) is 13.1 Å². The molecule has 0 spiro atoms. The van der Waals surface area contributed by atoms with E-state index in [1.807, 2.05) is 0 Å². The van der Waals surface area contributed by atoms with Crippen LogP contribution in [0.1, 0.15) is 12.8 Å². The summed E-state index contributed by atoms with van der Waals surface area (Å²) in [6.07, 6.45) is 3.09. The molecule has 0 aromatic rings. The molecule has 0 amide bonds. The first-order valence-electron chi connectivity index (χ1n) is 4.06. The molecule has 3 aliphatic heterocycles. The minimum absolute atomic E-state index is 0.406. The van der Waals surface area contributed by atoms with Gasteiger partial charge in [0.2, 0.25) is 0 Å². The Bertz CT molecular complexity index is 122. The van der Waals surface area contributed by atoms with Crippen molar-refractivity contribution in [3.63, 3.8) is 0 Å². The van der Waals surface area contributed by atoms with E-state index in [1.165, 1.54) is 13.1 Å². The summed E-state index contributed by atoms with van der Waals surface area (Å²) in [5.41, 5.74) is 0. The Hall–Kier alpha value is 1.04. The number of rotatable bonds is 0. The summed E-state index contributed by atoms with van der Waals surface area (Å²) in [6.45, 7) is 3.02. The number of fused-ring (bicyclic) bond motifs is 4. The monoisotopic (exact) mass is 262 g/mol. The van der Waals surface area contributed by atoms with Crippen LogP contribution >= 0.6 is 0 Å². The van der Waals surface area contributed by atoms with E-state index in [0.717, 1.165) is 0 Å². The van der Waals surface area contributed by atoms with Crippen LogP contribution in [-0.2, 0) is 0 Å². The summed E-state index contributed by atoms with van der Waals surface area (Å²) < 4.78 is 5.96. The fourth-order valence-electron chi connectivity index (χ4n) is 2.08. The van der Waals surface area contributed by atoms with E-state index in [4.69, 9.17) is 0 Å². The molecule has 10 heavy (non-hydrogen) atoms. The van der Waals surface area contributed by atoms with E-state index in [2.05, 4.69) is 5.47 Å². The Balaban J connectivity index is 1.84. The first-order valence-corrected chi connectivity index (χ1v) is 10.1. The average Bonchev–Trinajstić information content (AvgIpc) is 2.42. The van der Waals surface area contributed by atoms with E-state index in [0.29, 0.717) is 0 Å². The van der Waals surface area contributed by atoms with Crippen molar-refractivity contribution in [3.8, 4) is 0 Å². The maximum atomic E-state index is 2.98. The first-order chi connectivity index (χ1) is 4.97. The van der Waals surface area contributed by atoms with Crippen molar-refractivity contribution in [1.82, 2.24) is 5.47 Å².